The molecule has 3 heterocycles. The number of aryl methyl sites for hydroxylation is 1. The lowest BCUT2D eigenvalue weighted by molar-refractivity contribution is -0.0956. The number of benzene rings is 2. The largest absolute Gasteiger partial charge is 0.487 e. The number of sulfonamides is 1. The van der Waals surface area contributed by atoms with E-state index in [1.165, 1.54) is 5.56 Å². The molecule has 1 saturated heterocycles. The number of hydrogen-bond acceptors (Lipinski definition) is 9. The van der Waals surface area contributed by atoms with Crippen LogP contribution in [0.25, 0.3) is 0 Å². The van der Waals surface area contributed by atoms with Gasteiger partial charge in [-0.2, -0.15) is 0 Å². The highest BCUT2D eigenvalue weighted by molar-refractivity contribution is 7.90. The summed E-state index contributed by atoms with van der Waals surface area (Å²) in [6.07, 6.45) is 9.86. The predicted molar refractivity (Wildman–Crippen MR) is 207 cm³/mol. The summed E-state index contributed by atoms with van der Waals surface area (Å²) in [5.74, 6) is 0.444. The number of fused-ring (bicyclic) bond motifs is 3. The van der Waals surface area contributed by atoms with Gasteiger partial charge in [0.1, 0.15) is 18.0 Å². The number of rotatable bonds is 6. The zero-order valence-corrected chi connectivity index (χ0v) is 32.9. The maximum absolute atomic E-state index is 13.6. The summed E-state index contributed by atoms with van der Waals surface area (Å²) >= 11 is 6.40. The minimum Gasteiger partial charge on any atom is -0.487 e. The molecule has 0 spiro atoms. The van der Waals surface area contributed by atoms with Gasteiger partial charge in [0.05, 0.1) is 17.5 Å². The van der Waals surface area contributed by atoms with Crippen molar-refractivity contribution in [2.75, 3.05) is 78.1 Å². The molecule has 0 aromatic heterocycles. The van der Waals surface area contributed by atoms with Crippen molar-refractivity contribution in [1.29, 1.82) is 0 Å². The number of anilines is 1. The number of hydrogen-bond donors (Lipinski definition) is 1. The van der Waals surface area contributed by atoms with Gasteiger partial charge in [-0.3, -0.25) is 14.6 Å². The maximum Gasteiger partial charge on any atom is 0.264 e. The first-order valence-electron chi connectivity index (χ1n) is 19.0. The van der Waals surface area contributed by atoms with E-state index in [1.807, 2.05) is 44.4 Å². The normalized spacial score (nSPS) is 29.7. The average Bonchev–Trinajstić information content (AvgIpc) is 3.15. The Hall–Kier alpha value is -2.67. The minimum atomic E-state index is -3.96. The van der Waals surface area contributed by atoms with Crippen molar-refractivity contribution in [3.63, 3.8) is 0 Å². The number of amides is 1. The van der Waals surface area contributed by atoms with E-state index in [2.05, 4.69) is 31.6 Å². The number of carbonyl (C=O) groups excluding carboxylic acids is 1. The molecular weight excluding hydrogens is 700 g/mol. The summed E-state index contributed by atoms with van der Waals surface area (Å²) in [6.45, 7) is 11.9. The Kier molecular flexibility index (Phi) is 12.9. The van der Waals surface area contributed by atoms with Gasteiger partial charge in [-0.1, -0.05) is 36.7 Å². The SMILES string of the molecule is COCCN1CCN(C[C@@]2(OC)/C=C/C[C@H](C)[C@@H](C)S(=O)(=O)NC(=O)c3ccc4c(c3)N(CCCCc3cc(Cl)ccc3CO4)C[C@@H]3CC[C@H]32)CC1. The second-order valence-corrected chi connectivity index (χ2v) is 17.8. The van der Waals surface area contributed by atoms with Crippen LogP contribution in [0, 0.1) is 17.8 Å². The standard InChI is InChI=1S/C40H57ClN4O6S/c1-29-8-7-16-40(50-4,28-44-20-18-43(19-21-44)22-23-49-3)36-14-11-33(36)26-45-17-6-5-9-31-24-35(41)13-10-34(31)27-51-38-15-12-32(25-37(38)45)39(46)42-52(47,48)30(29)2/h7,10,12-13,15-16,24-25,29-30,33,36H,5-6,8-9,11,14,17-23,26-28H2,1-4H3,(H,42,46)/b16-7+/t29-,30+,33-,36+,40-/m0/s1. The molecule has 1 amide bonds. The molecule has 3 aliphatic heterocycles. The number of allylic oxidation sites excluding steroid dienone is 1. The number of carbonyl (C=O) groups is 1. The Morgan fingerprint density at radius 2 is 1.77 bits per heavy atom. The average molecular weight is 757 g/mol. The van der Waals surface area contributed by atoms with Crippen LogP contribution >= 0.6 is 11.6 Å². The van der Waals surface area contributed by atoms with E-state index in [4.69, 9.17) is 25.8 Å². The van der Waals surface area contributed by atoms with Crippen LogP contribution in [0.2, 0.25) is 5.02 Å². The molecule has 286 valence electrons. The lowest BCUT2D eigenvalue weighted by Crippen LogP contribution is -2.58. The van der Waals surface area contributed by atoms with Crippen molar-refractivity contribution in [2.45, 2.75) is 69.8 Å². The van der Waals surface area contributed by atoms with Gasteiger partial charge in [0.2, 0.25) is 10.0 Å². The Labute approximate surface area is 315 Å². The van der Waals surface area contributed by atoms with Crippen molar-refractivity contribution in [3.8, 4) is 5.75 Å². The van der Waals surface area contributed by atoms with Gasteiger partial charge in [0.15, 0.2) is 0 Å². The van der Waals surface area contributed by atoms with E-state index in [9.17, 15) is 13.2 Å². The van der Waals surface area contributed by atoms with Gasteiger partial charge < -0.3 is 19.1 Å². The Balaban J connectivity index is 1.35. The molecular formula is C40H57ClN4O6S. The smallest absolute Gasteiger partial charge is 0.264 e. The number of methoxy groups -OCH3 is 2. The summed E-state index contributed by atoms with van der Waals surface area (Å²) in [4.78, 5) is 21.0. The highest BCUT2D eigenvalue weighted by atomic mass is 35.5. The van der Waals surface area contributed by atoms with Gasteiger partial charge in [-0.15, -0.1) is 0 Å². The molecule has 2 bridgehead atoms. The van der Waals surface area contributed by atoms with Gasteiger partial charge in [-0.05, 0) is 105 Å². The van der Waals surface area contributed by atoms with Crippen LogP contribution in [-0.2, 0) is 32.5 Å². The van der Waals surface area contributed by atoms with Crippen molar-refractivity contribution in [1.82, 2.24) is 14.5 Å². The van der Waals surface area contributed by atoms with Crippen LogP contribution in [-0.4, -0.2) is 108 Å². The molecule has 10 nitrogen and oxygen atoms in total. The highest BCUT2D eigenvalue weighted by Crippen LogP contribution is 2.47. The first kappa shape index (κ1) is 39.0. The number of nitrogens with one attached hydrogen (secondary N) is 1. The molecule has 1 aliphatic carbocycles. The first-order chi connectivity index (χ1) is 25.0. The third-order valence-corrected chi connectivity index (χ3v) is 14.2. The fourth-order valence-electron chi connectivity index (χ4n) is 8.37. The zero-order valence-electron chi connectivity index (χ0n) is 31.3. The Bertz CT molecular complexity index is 1680. The summed E-state index contributed by atoms with van der Waals surface area (Å²) in [7, 11) is -0.365. The van der Waals surface area contributed by atoms with Gasteiger partial charge in [0.25, 0.3) is 5.91 Å². The summed E-state index contributed by atoms with van der Waals surface area (Å²) in [5, 5.41) is -0.0649. The Morgan fingerprint density at radius 1 is 0.981 bits per heavy atom. The zero-order chi connectivity index (χ0) is 36.9. The molecule has 0 unspecified atom stereocenters. The van der Waals surface area contributed by atoms with Crippen LogP contribution in [0.15, 0.2) is 48.6 Å². The van der Waals surface area contributed by atoms with E-state index < -0.39 is 26.8 Å². The monoisotopic (exact) mass is 756 g/mol. The lowest BCUT2D eigenvalue weighted by atomic mass is 9.63. The van der Waals surface area contributed by atoms with Crippen LogP contribution in [0.1, 0.15) is 67.4 Å². The van der Waals surface area contributed by atoms with Crippen molar-refractivity contribution < 1.29 is 27.4 Å². The molecule has 0 radical (unpaired) electrons. The van der Waals surface area contributed by atoms with Crippen LogP contribution in [0.3, 0.4) is 0 Å². The fourth-order valence-corrected chi connectivity index (χ4v) is 9.85. The van der Waals surface area contributed by atoms with E-state index in [1.54, 1.807) is 20.1 Å². The third-order valence-electron chi connectivity index (χ3n) is 12.1. The first-order valence-corrected chi connectivity index (χ1v) is 21.0. The maximum atomic E-state index is 13.6. The molecule has 2 aromatic carbocycles. The van der Waals surface area contributed by atoms with E-state index in [0.717, 1.165) is 102 Å². The number of ether oxygens (including phenoxy) is 3. The predicted octanol–water partition coefficient (Wildman–Crippen LogP) is 5.78. The minimum absolute atomic E-state index is 0.223. The molecule has 12 heteroatoms. The lowest BCUT2D eigenvalue weighted by Gasteiger charge is -2.52. The number of halogens is 1. The summed E-state index contributed by atoms with van der Waals surface area (Å²) in [6, 6.07) is 11.3. The highest BCUT2D eigenvalue weighted by Gasteiger charge is 2.48. The topological polar surface area (TPSA) is 101 Å². The van der Waals surface area contributed by atoms with Crippen LogP contribution < -0.4 is 14.4 Å². The second-order valence-electron chi connectivity index (χ2n) is 15.3. The fraction of sp³-hybridized carbons (Fsp3) is 0.625. The summed E-state index contributed by atoms with van der Waals surface area (Å²) in [5.41, 5.74) is 2.86. The molecule has 52 heavy (non-hydrogen) atoms. The number of nitrogens with zero attached hydrogens (tertiary/aromatic N) is 3. The van der Waals surface area contributed by atoms with Crippen molar-refractivity contribution in [3.05, 3.63) is 70.3 Å². The molecule has 1 saturated carbocycles. The van der Waals surface area contributed by atoms with E-state index in [0.29, 0.717) is 35.3 Å². The number of piperazine rings is 1. The van der Waals surface area contributed by atoms with Crippen LogP contribution in [0.4, 0.5) is 5.69 Å². The summed E-state index contributed by atoms with van der Waals surface area (Å²) < 4.78 is 48.0. The second kappa shape index (κ2) is 17.2. The third kappa shape index (κ3) is 8.99. The van der Waals surface area contributed by atoms with Crippen molar-refractivity contribution in [2.24, 2.45) is 17.8 Å². The molecule has 2 aromatic rings. The molecule has 1 N–H and O–H groups in total. The molecule has 2 fully saturated rings. The Morgan fingerprint density at radius 3 is 2.50 bits per heavy atom. The van der Waals surface area contributed by atoms with E-state index >= 15 is 0 Å². The van der Waals surface area contributed by atoms with Gasteiger partial charge >= 0.3 is 0 Å². The van der Waals surface area contributed by atoms with Crippen molar-refractivity contribution >= 4 is 33.2 Å². The molecule has 4 aliphatic rings. The van der Waals surface area contributed by atoms with Gasteiger partial charge in [0, 0.05) is 77.2 Å². The quantitative estimate of drug-likeness (QED) is 0.368. The van der Waals surface area contributed by atoms with E-state index in [-0.39, 0.29) is 11.8 Å². The molecule has 6 rings (SSSR count). The molecule has 5 atom stereocenters. The van der Waals surface area contributed by atoms with Gasteiger partial charge in [-0.25, -0.2) is 13.1 Å². The van der Waals surface area contributed by atoms with Crippen LogP contribution in [0.5, 0.6) is 5.75 Å².